The molecule has 0 aromatic rings. The van der Waals surface area contributed by atoms with Crippen molar-refractivity contribution in [1.29, 1.82) is 0 Å². The zero-order chi connectivity index (χ0) is 20.2. The largest absolute Gasteiger partial charge is 1.00 e. The quantitative estimate of drug-likeness (QED) is 0.351. The van der Waals surface area contributed by atoms with Crippen LogP contribution < -0.4 is 121 Å². The van der Waals surface area contributed by atoms with Gasteiger partial charge in [0.15, 0.2) is 0 Å². The van der Waals surface area contributed by atoms with Crippen LogP contribution in [0.25, 0.3) is 0 Å². The molecule has 0 aromatic heterocycles. The van der Waals surface area contributed by atoms with Crippen molar-refractivity contribution in [2.75, 3.05) is 0 Å². The summed E-state index contributed by atoms with van der Waals surface area (Å²) < 4.78 is 0. The van der Waals surface area contributed by atoms with Gasteiger partial charge in [-0.2, -0.15) is 0 Å². The molecule has 0 aliphatic carbocycles. The van der Waals surface area contributed by atoms with E-state index in [2.05, 4.69) is 0 Å². The van der Waals surface area contributed by atoms with Crippen LogP contribution in [0.1, 0.15) is 41.5 Å². The van der Waals surface area contributed by atoms with Gasteiger partial charge >= 0.3 is 88.7 Å². The van der Waals surface area contributed by atoms with Gasteiger partial charge in [-0.3, -0.25) is 0 Å². The summed E-state index contributed by atoms with van der Waals surface area (Å²) in [5, 5.41) is 29.7. The van der Waals surface area contributed by atoms with Gasteiger partial charge in [-0.25, -0.2) is 0 Å². The topological polar surface area (TPSA) is 198 Å². The first-order chi connectivity index (χ1) is 10.7. The third kappa shape index (κ3) is 27.3. The van der Waals surface area contributed by atoms with Crippen molar-refractivity contribution < 1.29 is 118 Å². The SMILES string of the molecule is CC(C)[C@H](N)C(=O)[O-].CC(C)[C@H](N)C(=O)[O-].CC(C)[C@H](N)C(=O)[O-].[Na+].[Na+].[Na+]. The zero-order valence-corrected chi connectivity index (χ0v) is 24.1. The molecule has 144 valence electrons. The molecule has 0 aromatic carbocycles. The Kier molecular flexibility index (Phi) is 37.0. The van der Waals surface area contributed by atoms with Crippen LogP contribution in [0.2, 0.25) is 0 Å². The molecule has 27 heavy (non-hydrogen) atoms. The minimum absolute atomic E-state index is 0. The van der Waals surface area contributed by atoms with Gasteiger partial charge in [-0.1, -0.05) is 41.5 Å². The molecule has 0 fully saturated rings. The standard InChI is InChI=1S/3C5H11NO2.3Na/c3*1-3(2)4(6)5(7)8;;;/h3*3-4H,6H2,1-2H3,(H,7,8);;;/q;;;3*+1/p-3/t3*4-;;;/m000.../s1. The minimum Gasteiger partial charge on any atom is -0.548 e. The minimum atomic E-state index is -1.18. The molecule has 0 spiro atoms. The zero-order valence-electron chi connectivity index (χ0n) is 18.1. The Morgan fingerprint density at radius 1 is 0.519 bits per heavy atom. The van der Waals surface area contributed by atoms with Gasteiger partial charge in [0.05, 0.1) is 17.9 Å². The molecule has 0 saturated carbocycles. The van der Waals surface area contributed by atoms with Crippen LogP contribution >= 0.6 is 0 Å². The van der Waals surface area contributed by atoms with E-state index in [9.17, 15) is 29.7 Å². The Morgan fingerprint density at radius 2 is 0.630 bits per heavy atom. The van der Waals surface area contributed by atoms with E-state index in [-0.39, 0.29) is 106 Å². The molecule has 0 unspecified atom stereocenters. The fourth-order valence-electron chi connectivity index (χ4n) is 0.816. The molecule has 0 saturated heterocycles. The predicted molar refractivity (Wildman–Crippen MR) is 83.5 cm³/mol. The van der Waals surface area contributed by atoms with E-state index in [1.165, 1.54) is 0 Å². The predicted octanol–water partition coefficient (Wildman–Crippen LogP) is -12.8. The average molecular weight is 417 g/mol. The van der Waals surface area contributed by atoms with Crippen molar-refractivity contribution in [1.82, 2.24) is 0 Å². The van der Waals surface area contributed by atoms with Gasteiger partial charge in [0.2, 0.25) is 0 Å². The molecule has 6 N–H and O–H groups in total. The number of carbonyl (C=O) groups excluding carboxylic acids is 3. The molecular formula is C15H30N3Na3O6. The second kappa shape index (κ2) is 23.6. The molecule has 0 rings (SSSR count). The maximum absolute atomic E-state index is 9.90. The maximum atomic E-state index is 9.90. The van der Waals surface area contributed by atoms with Crippen molar-refractivity contribution in [3.63, 3.8) is 0 Å². The first-order valence-corrected chi connectivity index (χ1v) is 7.55. The Bertz CT molecular complexity index is 342. The number of rotatable bonds is 6. The second-order valence-corrected chi connectivity index (χ2v) is 6.27. The summed E-state index contributed by atoms with van der Waals surface area (Å²) in [5.41, 5.74) is 15.3. The van der Waals surface area contributed by atoms with Crippen molar-refractivity contribution in [3.05, 3.63) is 0 Å². The van der Waals surface area contributed by atoms with Crippen molar-refractivity contribution in [2.24, 2.45) is 35.0 Å². The Balaban J connectivity index is -0.0000000580. The van der Waals surface area contributed by atoms with Crippen LogP contribution in [-0.2, 0) is 14.4 Å². The van der Waals surface area contributed by atoms with E-state index in [1.807, 2.05) is 0 Å². The Labute approximate surface area is 228 Å². The molecule has 0 bridgehead atoms. The summed E-state index contributed by atoms with van der Waals surface area (Å²) in [4.78, 5) is 29.7. The summed E-state index contributed by atoms with van der Waals surface area (Å²) in [7, 11) is 0. The molecule has 0 heterocycles. The van der Waals surface area contributed by atoms with E-state index < -0.39 is 36.0 Å². The van der Waals surface area contributed by atoms with Gasteiger partial charge in [-0.05, 0) is 17.8 Å². The van der Waals surface area contributed by atoms with Crippen LogP contribution in [0.15, 0.2) is 0 Å². The van der Waals surface area contributed by atoms with Crippen LogP contribution in [-0.4, -0.2) is 36.0 Å². The summed E-state index contributed by atoms with van der Waals surface area (Å²) in [6.45, 7) is 10.4. The van der Waals surface area contributed by atoms with Crippen LogP contribution in [0.5, 0.6) is 0 Å². The smallest absolute Gasteiger partial charge is 0.548 e. The van der Waals surface area contributed by atoms with Crippen LogP contribution in [0.3, 0.4) is 0 Å². The first kappa shape index (κ1) is 42.4. The molecule has 0 aliphatic rings. The van der Waals surface area contributed by atoms with E-state index in [1.54, 1.807) is 41.5 Å². The van der Waals surface area contributed by atoms with Crippen molar-refractivity contribution >= 4 is 17.9 Å². The van der Waals surface area contributed by atoms with E-state index in [4.69, 9.17) is 17.2 Å². The van der Waals surface area contributed by atoms with Crippen molar-refractivity contribution in [2.45, 2.75) is 59.7 Å². The van der Waals surface area contributed by atoms with E-state index in [0.717, 1.165) is 0 Å². The number of nitrogens with two attached hydrogens (primary N) is 3. The molecule has 3 atom stereocenters. The van der Waals surface area contributed by atoms with E-state index in [0.29, 0.717) is 0 Å². The van der Waals surface area contributed by atoms with Gasteiger partial charge in [0, 0.05) is 18.1 Å². The summed E-state index contributed by atoms with van der Waals surface area (Å²) in [6, 6.07) is -2.47. The number of aliphatic carboxylic acids is 3. The monoisotopic (exact) mass is 417 g/mol. The molecule has 0 aliphatic heterocycles. The molecule has 0 amide bonds. The molecule has 12 heteroatoms. The van der Waals surface area contributed by atoms with Crippen LogP contribution in [0, 0.1) is 17.8 Å². The molecule has 9 nitrogen and oxygen atoms in total. The average Bonchev–Trinajstić information content (AvgIpc) is 2.45. The number of hydrogen-bond acceptors (Lipinski definition) is 9. The molecular weight excluding hydrogens is 387 g/mol. The van der Waals surface area contributed by atoms with Crippen LogP contribution in [0.4, 0.5) is 0 Å². The number of carboxylic acids is 3. The van der Waals surface area contributed by atoms with Gasteiger partial charge < -0.3 is 46.9 Å². The number of carboxylic acid groups (broad SMARTS) is 3. The van der Waals surface area contributed by atoms with Gasteiger partial charge in [-0.15, -0.1) is 0 Å². The normalized spacial score (nSPS) is 12.4. The Hall–Kier alpha value is 1.29. The second-order valence-electron chi connectivity index (χ2n) is 6.27. The number of carbonyl (C=O) groups is 3. The van der Waals surface area contributed by atoms with Crippen molar-refractivity contribution in [3.8, 4) is 0 Å². The van der Waals surface area contributed by atoms with E-state index >= 15 is 0 Å². The third-order valence-electron chi connectivity index (χ3n) is 2.97. The van der Waals surface area contributed by atoms with Gasteiger partial charge in [0.1, 0.15) is 0 Å². The molecule has 0 radical (unpaired) electrons. The van der Waals surface area contributed by atoms with Gasteiger partial charge in [0.25, 0.3) is 0 Å². The first-order valence-electron chi connectivity index (χ1n) is 7.55. The summed E-state index contributed by atoms with van der Waals surface area (Å²) >= 11 is 0. The Morgan fingerprint density at radius 3 is 0.630 bits per heavy atom. The third-order valence-corrected chi connectivity index (χ3v) is 2.97. The maximum Gasteiger partial charge on any atom is 1.00 e. The summed E-state index contributed by atoms with van der Waals surface area (Å²) in [6.07, 6.45) is 0. The fourth-order valence-corrected chi connectivity index (χ4v) is 0.816. The summed E-state index contributed by atoms with van der Waals surface area (Å²) in [5.74, 6) is -3.67. The number of hydrogen-bond donors (Lipinski definition) is 3. The fraction of sp³-hybridized carbons (Fsp3) is 0.800.